The first-order valence-electron chi connectivity index (χ1n) is 7.71. The standard InChI is InChI=1S/C15H29NO3/c1-18-9-3-7-15(13-17)6-2-8-16(12-15)14-4-10-19-11-5-14/h14,17H,2-13H2,1H3/t15-/m1/s1. The molecular weight excluding hydrogens is 242 g/mol. The summed E-state index contributed by atoms with van der Waals surface area (Å²) in [6.07, 6.45) is 6.81. The lowest BCUT2D eigenvalue weighted by Crippen LogP contribution is -2.51. The van der Waals surface area contributed by atoms with Crippen LogP contribution in [0, 0.1) is 5.41 Å². The zero-order valence-corrected chi connectivity index (χ0v) is 12.3. The lowest BCUT2D eigenvalue weighted by atomic mass is 9.76. The topological polar surface area (TPSA) is 41.9 Å². The van der Waals surface area contributed by atoms with Gasteiger partial charge in [-0.25, -0.2) is 0 Å². The summed E-state index contributed by atoms with van der Waals surface area (Å²) < 4.78 is 10.6. The number of piperidine rings is 1. The molecule has 2 saturated heterocycles. The Morgan fingerprint density at radius 3 is 2.84 bits per heavy atom. The number of hydrogen-bond acceptors (Lipinski definition) is 4. The Hall–Kier alpha value is -0.160. The molecule has 0 spiro atoms. The molecule has 4 heteroatoms. The summed E-state index contributed by atoms with van der Waals surface area (Å²) >= 11 is 0. The van der Waals surface area contributed by atoms with Crippen molar-refractivity contribution in [3.63, 3.8) is 0 Å². The van der Waals surface area contributed by atoms with Gasteiger partial charge < -0.3 is 14.6 Å². The van der Waals surface area contributed by atoms with Gasteiger partial charge in [-0.1, -0.05) is 0 Å². The van der Waals surface area contributed by atoms with Crippen molar-refractivity contribution in [3.05, 3.63) is 0 Å². The average Bonchev–Trinajstić information content (AvgIpc) is 2.49. The maximum atomic E-state index is 9.86. The Morgan fingerprint density at radius 2 is 2.16 bits per heavy atom. The lowest BCUT2D eigenvalue weighted by Gasteiger charge is -2.46. The van der Waals surface area contributed by atoms with Gasteiger partial charge in [0.15, 0.2) is 0 Å². The zero-order chi connectivity index (χ0) is 13.6. The molecule has 0 radical (unpaired) electrons. The van der Waals surface area contributed by atoms with Crippen molar-refractivity contribution in [2.75, 3.05) is 46.6 Å². The van der Waals surface area contributed by atoms with E-state index in [-0.39, 0.29) is 5.41 Å². The number of nitrogens with zero attached hydrogens (tertiary/aromatic N) is 1. The van der Waals surface area contributed by atoms with Crippen LogP contribution in [0.4, 0.5) is 0 Å². The van der Waals surface area contributed by atoms with Crippen molar-refractivity contribution in [2.24, 2.45) is 5.41 Å². The molecule has 1 N–H and O–H groups in total. The van der Waals surface area contributed by atoms with Crippen LogP contribution in [-0.2, 0) is 9.47 Å². The number of ether oxygens (including phenoxy) is 2. The van der Waals surface area contributed by atoms with Crippen molar-refractivity contribution in [1.29, 1.82) is 0 Å². The first-order valence-corrected chi connectivity index (χ1v) is 7.71. The van der Waals surface area contributed by atoms with Crippen LogP contribution in [0.3, 0.4) is 0 Å². The number of likely N-dealkylation sites (tertiary alicyclic amines) is 1. The largest absolute Gasteiger partial charge is 0.396 e. The molecule has 0 amide bonds. The van der Waals surface area contributed by atoms with Crippen LogP contribution in [0.2, 0.25) is 0 Å². The Balaban J connectivity index is 1.89. The van der Waals surface area contributed by atoms with E-state index in [9.17, 15) is 5.11 Å². The summed E-state index contributed by atoms with van der Waals surface area (Å²) in [7, 11) is 1.75. The molecular formula is C15H29NO3. The first kappa shape index (κ1) is 15.2. The third-order valence-electron chi connectivity index (χ3n) is 4.79. The number of hydrogen-bond donors (Lipinski definition) is 1. The summed E-state index contributed by atoms with van der Waals surface area (Å²) in [6.45, 7) is 5.16. The highest BCUT2D eigenvalue weighted by atomic mass is 16.5. The van der Waals surface area contributed by atoms with Crippen molar-refractivity contribution < 1.29 is 14.6 Å². The van der Waals surface area contributed by atoms with Gasteiger partial charge in [-0.05, 0) is 45.1 Å². The summed E-state index contributed by atoms with van der Waals surface area (Å²) in [5, 5.41) is 9.86. The highest BCUT2D eigenvalue weighted by molar-refractivity contribution is 4.89. The van der Waals surface area contributed by atoms with Crippen molar-refractivity contribution in [1.82, 2.24) is 4.90 Å². The zero-order valence-electron chi connectivity index (χ0n) is 12.3. The molecule has 2 heterocycles. The van der Waals surface area contributed by atoms with Crippen LogP contribution in [0.25, 0.3) is 0 Å². The molecule has 4 nitrogen and oxygen atoms in total. The maximum absolute atomic E-state index is 9.86. The number of methoxy groups -OCH3 is 1. The summed E-state index contributed by atoms with van der Waals surface area (Å²) in [6, 6.07) is 0.669. The van der Waals surface area contributed by atoms with Crippen molar-refractivity contribution in [2.45, 2.75) is 44.6 Å². The molecule has 0 aliphatic carbocycles. The van der Waals surface area contributed by atoms with Crippen LogP contribution in [-0.4, -0.2) is 62.7 Å². The fraction of sp³-hybridized carbons (Fsp3) is 1.00. The van der Waals surface area contributed by atoms with Crippen LogP contribution >= 0.6 is 0 Å². The fourth-order valence-corrected chi connectivity index (χ4v) is 3.61. The first-order chi connectivity index (χ1) is 9.29. The Bertz CT molecular complexity index is 256. The molecule has 0 aromatic rings. The summed E-state index contributed by atoms with van der Waals surface area (Å²) in [4.78, 5) is 2.61. The minimum atomic E-state index is 0.106. The minimum absolute atomic E-state index is 0.106. The molecule has 112 valence electrons. The van der Waals surface area contributed by atoms with Gasteiger partial charge in [0.1, 0.15) is 0 Å². The van der Waals surface area contributed by atoms with E-state index in [4.69, 9.17) is 9.47 Å². The highest BCUT2D eigenvalue weighted by Crippen LogP contribution is 2.36. The minimum Gasteiger partial charge on any atom is -0.396 e. The Morgan fingerprint density at radius 1 is 1.37 bits per heavy atom. The smallest absolute Gasteiger partial charge is 0.0499 e. The molecule has 0 aromatic carbocycles. The monoisotopic (exact) mass is 271 g/mol. The van der Waals surface area contributed by atoms with Crippen molar-refractivity contribution in [3.8, 4) is 0 Å². The van der Waals surface area contributed by atoms with E-state index in [0.29, 0.717) is 12.6 Å². The van der Waals surface area contributed by atoms with Gasteiger partial charge in [0.25, 0.3) is 0 Å². The molecule has 2 rings (SSSR count). The second-order valence-electron chi connectivity index (χ2n) is 6.17. The second kappa shape index (κ2) is 7.58. The van der Waals surface area contributed by atoms with Gasteiger partial charge in [0.05, 0.1) is 0 Å². The predicted molar refractivity (Wildman–Crippen MR) is 75.3 cm³/mol. The van der Waals surface area contributed by atoms with Gasteiger partial charge in [0, 0.05) is 51.5 Å². The van der Waals surface area contributed by atoms with Crippen LogP contribution in [0.1, 0.15) is 38.5 Å². The SMILES string of the molecule is COCCC[C@]1(CO)CCCN(C2CCOCC2)C1. The normalized spacial score (nSPS) is 30.6. The van der Waals surface area contributed by atoms with Gasteiger partial charge in [-0.3, -0.25) is 4.90 Å². The van der Waals surface area contributed by atoms with Gasteiger partial charge in [0.2, 0.25) is 0 Å². The van der Waals surface area contributed by atoms with Crippen LogP contribution in [0.15, 0.2) is 0 Å². The second-order valence-corrected chi connectivity index (χ2v) is 6.17. The molecule has 0 unspecified atom stereocenters. The molecule has 2 fully saturated rings. The third-order valence-corrected chi connectivity index (χ3v) is 4.79. The Kier molecular flexibility index (Phi) is 6.07. The predicted octanol–water partition coefficient (Wildman–Crippen LogP) is 1.67. The van der Waals surface area contributed by atoms with E-state index in [0.717, 1.165) is 58.5 Å². The van der Waals surface area contributed by atoms with E-state index in [1.807, 2.05) is 0 Å². The van der Waals surface area contributed by atoms with Gasteiger partial charge in [-0.15, -0.1) is 0 Å². The fourth-order valence-electron chi connectivity index (χ4n) is 3.61. The third kappa shape index (κ3) is 4.15. The van der Waals surface area contributed by atoms with Gasteiger partial charge in [-0.2, -0.15) is 0 Å². The quantitative estimate of drug-likeness (QED) is 0.746. The molecule has 0 bridgehead atoms. The summed E-state index contributed by atoms with van der Waals surface area (Å²) in [5.41, 5.74) is 0.106. The molecule has 1 atom stereocenters. The molecule has 2 aliphatic rings. The number of aliphatic hydroxyl groups is 1. The van der Waals surface area contributed by atoms with E-state index in [1.165, 1.54) is 13.0 Å². The average molecular weight is 271 g/mol. The van der Waals surface area contributed by atoms with E-state index in [1.54, 1.807) is 7.11 Å². The molecule has 2 aliphatic heterocycles. The lowest BCUT2D eigenvalue weighted by molar-refractivity contribution is -0.0287. The van der Waals surface area contributed by atoms with Crippen molar-refractivity contribution >= 4 is 0 Å². The van der Waals surface area contributed by atoms with E-state index >= 15 is 0 Å². The molecule has 0 saturated carbocycles. The number of rotatable bonds is 6. The maximum Gasteiger partial charge on any atom is 0.0499 e. The molecule has 19 heavy (non-hydrogen) atoms. The van der Waals surface area contributed by atoms with Crippen LogP contribution < -0.4 is 0 Å². The highest BCUT2D eigenvalue weighted by Gasteiger charge is 2.37. The Labute approximate surface area is 117 Å². The summed E-state index contributed by atoms with van der Waals surface area (Å²) in [5.74, 6) is 0. The van der Waals surface area contributed by atoms with Gasteiger partial charge >= 0.3 is 0 Å². The van der Waals surface area contributed by atoms with E-state index < -0.39 is 0 Å². The molecule has 0 aromatic heterocycles. The van der Waals surface area contributed by atoms with E-state index in [2.05, 4.69) is 4.90 Å². The van der Waals surface area contributed by atoms with Crippen LogP contribution in [0.5, 0.6) is 0 Å². The number of aliphatic hydroxyl groups excluding tert-OH is 1.